The minimum Gasteiger partial charge on any atom is -0.465 e. The third kappa shape index (κ3) is 2.36. The van der Waals surface area contributed by atoms with Crippen LogP contribution >= 0.6 is 23.5 Å². The molecule has 1 aliphatic carbocycles. The van der Waals surface area contributed by atoms with Crippen LogP contribution in [0.4, 0.5) is 0 Å². The van der Waals surface area contributed by atoms with Crippen LogP contribution in [0.2, 0.25) is 0 Å². The highest BCUT2D eigenvalue weighted by molar-refractivity contribution is 8.18. The maximum atomic E-state index is 12.4. The van der Waals surface area contributed by atoms with E-state index in [1.165, 1.54) is 28.7 Å². The van der Waals surface area contributed by atoms with E-state index in [9.17, 15) is 9.59 Å². The summed E-state index contributed by atoms with van der Waals surface area (Å²) in [5, 5.41) is 1.00. The zero-order valence-corrected chi connectivity index (χ0v) is 13.0. The van der Waals surface area contributed by atoms with Crippen LogP contribution in [0.25, 0.3) is 0 Å². The van der Waals surface area contributed by atoms with Crippen molar-refractivity contribution in [3.63, 3.8) is 0 Å². The van der Waals surface area contributed by atoms with E-state index in [4.69, 9.17) is 4.74 Å². The van der Waals surface area contributed by atoms with Gasteiger partial charge in [-0.25, -0.2) is 4.99 Å². The van der Waals surface area contributed by atoms with Gasteiger partial charge >= 0.3 is 5.97 Å². The van der Waals surface area contributed by atoms with Gasteiger partial charge in [-0.05, 0) is 36.2 Å². The molecule has 4 rings (SSSR count). The third-order valence-electron chi connectivity index (χ3n) is 4.07. The van der Waals surface area contributed by atoms with Crippen molar-refractivity contribution in [1.29, 1.82) is 0 Å². The van der Waals surface area contributed by atoms with Crippen LogP contribution in [0.3, 0.4) is 0 Å². The van der Waals surface area contributed by atoms with Crippen LogP contribution in [0, 0.1) is 5.92 Å². The molecule has 1 fully saturated rings. The van der Waals surface area contributed by atoms with Crippen molar-refractivity contribution in [2.24, 2.45) is 15.9 Å². The van der Waals surface area contributed by atoms with Crippen LogP contribution in [0.5, 0.6) is 0 Å². The summed E-state index contributed by atoms with van der Waals surface area (Å²) < 4.78 is 4.94. The van der Waals surface area contributed by atoms with Gasteiger partial charge in [0, 0.05) is 6.42 Å². The first-order valence-electron chi connectivity index (χ1n) is 7.16. The van der Waals surface area contributed by atoms with E-state index in [0.29, 0.717) is 18.2 Å². The van der Waals surface area contributed by atoms with Crippen molar-refractivity contribution in [1.82, 2.24) is 0 Å². The molecule has 2 unspecified atom stereocenters. The van der Waals surface area contributed by atoms with Gasteiger partial charge in [-0.1, -0.05) is 23.5 Å². The Kier molecular flexibility index (Phi) is 3.41. The lowest BCUT2D eigenvalue weighted by Gasteiger charge is -2.18. The van der Waals surface area contributed by atoms with Crippen LogP contribution in [0.1, 0.15) is 32.1 Å². The predicted octanol–water partition coefficient (Wildman–Crippen LogP) is 2.52. The molecular formula is C14H14N2O3S2. The molecule has 2 atom stereocenters. The topological polar surface area (TPSA) is 68.1 Å². The largest absolute Gasteiger partial charge is 0.465 e. The number of amidine groups is 1. The molecule has 3 aliphatic heterocycles. The zero-order valence-electron chi connectivity index (χ0n) is 11.3. The summed E-state index contributed by atoms with van der Waals surface area (Å²) in [4.78, 5) is 33.8. The predicted molar refractivity (Wildman–Crippen MR) is 83.4 cm³/mol. The van der Waals surface area contributed by atoms with E-state index in [1.54, 1.807) is 11.8 Å². The highest BCUT2D eigenvalue weighted by Crippen LogP contribution is 2.47. The Labute approximate surface area is 130 Å². The van der Waals surface area contributed by atoms with E-state index in [0.717, 1.165) is 24.3 Å². The Morgan fingerprint density at radius 2 is 2.05 bits per heavy atom. The number of carbonyl (C=O) groups is 2. The zero-order chi connectivity index (χ0) is 14.4. The molecule has 0 saturated carbocycles. The standard InChI is InChI=1S/C14H14N2O3S2/c17-11-10-7-3-1-2-4-8(7)20-12(10)16-14(15-11)21-9-5-6-19-13(9)18/h9-10H,1-6H2. The molecule has 3 heterocycles. The summed E-state index contributed by atoms with van der Waals surface area (Å²) in [6.07, 6.45) is 5.05. The number of carbonyl (C=O) groups excluding carboxylic acids is 2. The molecule has 1 amide bonds. The Morgan fingerprint density at radius 1 is 1.19 bits per heavy atom. The van der Waals surface area contributed by atoms with Crippen LogP contribution in [-0.4, -0.2) is 33.9 Å². The van der Waals surface area contributed by atoms with Gasteiger partial charge in [-0.2, -0.15) is 4.99 Å². The lowest BCUT2D eigenvalue weighted by Crippen LogP contribution is -2.26. The number of aliphatic imine (C=N–C) groups is 2. The molecule has 0 spiro atoms. The second-order valence-corrected chi connectivity index (χ2v) is 7.72. The van der Waals surface area contributed by atoms with Crippen LogP contribution < -0.4 is 0 Å². The number of ether oxygens (including phenoxy) is 1. The fourth-order valence-corrected chi connectivity index (χ4v) is 5.37. The summed E-state index contributed by atoms with van der Waals surface area (Å²) in [5.74, 6) is -0.576. The van der Waals surface area contributed by atoms with E-state index in [1.807, 2.05) is 0 Å². The number of hydrogen-bond acceptors (Lipinski definition) is 6. The number of thioether (sulfide) groups is 2. The maximum absolute atomic E-state index is 12.4. The van der Waals surface area contributed by atoms with Gasteiger partial charge in [0.2, 0.25) is 0 Å². The molecule has 0 N–H and O–H groups in total. The molecule has 5 nitrogen and oxygen atoms in total. The summed E-state index contributed by atoms with van der Waals surface area (Å²) in [6.45, 7) is 0.446. The monoisotopic (exact) mass is 322 g/mol. The number of nitrogens with zero attached hydrogens (tertiary/aromatic N) is 2. The number of cyclic esters (lactones) is 1. The highest BCUT2D eigenvalue weighted by Gasteiger charge is 2.41. The SMILES string of the molecule is O=C1OCCC1SC1=NC(=O)C2C(=N1)SC1=C2CCCC1. The first kappa shape index (κ1) is 13.6. The lowest BCUT2D eigenvalue weighted by molar-refractivity contribution is -0.137. The Bertz CT molecular complexity index is 624. The second-order valence-electron chi connectivity index (χ2n) is 5.44. The average Bonchev–Trinajstić information content (AvgIpc) is 3.02. The van der Waals surface area contributed by atoms with Gasteiger partial charge < -0.3 is 4.74 Å². The van der Waals surface area contributed by atoms with Crippen molar-refractivity contribution in [2.45, 2.75) is 37.4 Å². The van der Waals surface area contributed by atoms with Gasteiger partial charge in [0.05, 0.1) is 11.7 Å². The number of allylic oxidation sites excluding steroid dienone is 1. The minimum atomic E-state index is -0.272. The molecule has 7 heteroatoms. The molecule has 21 heavy (non-hydrogen) atoms. The smallest absolute Gasteiger partial charge is 0.319 e. The lowest BCUT2D eigenvalue weighted by atomic mass is 9.89. The molecule has 0 radical (unpaired) electrons. The maximum Gasteiger partial charge on any atom is 0.319 e. The van der Waals surface area contributed by atoms with Gasteiger partial charge in [-0.3, -0.25) is 9.59 Å². The van der Waals surface area contributed by atoms with Crippen LogP contribution in [-0.2, 0) is 14.3 Å². The normalized spacial score (nSPS) is 31.6. The Hall–Kier alpha value is -1.08. The fraction of sp³-hybridized carbons (Fsp3) is 0.571. The molecule has 0 aromatic heterocycles. The average molecular weight is 322 g/mol. The van der Waals surface area contributed by atoms with E-state index >= 15 is 0 Å². The van der Waals surface area contributed by atoms with Crippen molar-refractivity contribution in [3.8, 4) is 0 Å². The highest BCUT2D eigenvalue weighted by atomic mass is 32.2. The Balaban J connectivity index is 1.56. The molecule has 4 aliphatic rings. The third-order valence-corrected chi connectivity index (χ3v) is 6.43. The molecule has 0 aromatic rings. The van der Waals surface area contributed by atoms with Crippen molar-refractivity contribution < 1.29 is 14.3 Å². The van der Waals surface area contributed by atoms with Gasteiger partial charge in [-0.15, -0.1) is 0 Å². The number of rotatable bonds is 1. The van der Waals surface area contributed by atoms with E-state index in [-0.39, 0.29) is 23.0 Å². The number of hydrogen-bond donors (Lipinski definition) is 0. The first-order chi connectivity index (χ1) is 10.2. The summed E-state index contributed by atoms with van der Waals surface area (Å²) in [5.41, 5.74) is 1.24. The fourth-order valence-electron chi connectivity index (χ4n) is 3.04. The van der Waals surface area contributed by atoms with Gasteiger partial charge in [0.1, 0.15) is 11.2 Å². The quantitative estimate of drug-likeness (QED) is 0.694. The molecular weight excluding hydrogens is 308 g/mol. The van der Waals surface area contributed by atoms with Crippen molar-refractivity contribution in [2.75, 3.05) is 6.61 Å². The first-order valence-corrected chi connectivity index (χ1v) is 8.86. The molecule has 0 aromatic carbocycles. The van der Waals surface area contributed by atoms with Gasteiger partial charge in [0.25, 0.3) is 5.91 Å². The van der Waals surface area contributed by atoms with Crippen molar-refractivity contribution in [3.05, 3.63) is 10.5 Å². The summed E-state index contributed by atoms with van der Waals surface area (Å²) in [7, 11) is 0. The number of fused-ring (bicyclic) bond motifs is 2. The molecule has 110 valence electrons. The van der Waals surface area contributed by atoms with E-state index < -0.39 is 0 Å². The summed E-state index contributed by atoms with van der Waals surface area (Å²) >= 11 is 2.90. The molecule has 0 bridgehead atoms. The van der Waals surface area contributed by atoms with Crippen molar-refractivity contribution >= 4 is 45.6 Å². The summed E-state index contributed by atoms with van der Waals surface area (Å²) in [6, 6.07) is 0. The minimum absolute atomic E-state index is 0.117. The number of esters is 1. The number of amides is 1. The van der Waals surface area contributed by atoms with Crippen LogP contribution in [0.15, 0.2) is 20.5 Å². The Morgan fingerprint density at radius 3 is 2.86 bits per heavy atom. The van der Waals surface area contributed by atoms with E-state index in [2.05, 4.69) is 9.98 Å². The molecule has 1 saturated heterocycles. The second kappa shape index (κ2) is 5.28. The van der Waals surface area contributed by atoms with Gasteiger partial charge in [0.15, 0.2) is 5.17 Å².